The van der Waals surface area contributed by atoms with E-state index in [9.17, 15) is 0 Å². The van der Waals surface area contributed by atoms with Crippen LogP contribution in [0, 0.1) is 31.1 Å². The molecule has 2 unspecified atom stereocenters. The molecule has 1 nitrogen and oxygen atoms in total. The lowest BCUT2D eigenvalue weighted by molar-refractivity contribution is 0.994. The van der Waals surface area contributed by atoms with Crippen LogP contribution in [0.3, 0.4) is 0 Å². The van der Waals surface area contributed by atoms with Gasteiger partial charge in [0, 0.05) is 25.7 Å². The van der Waals surface area contributed by atoms with E-state index < -0.39 is 0 Å². The van der Waals surface area contributed by atoms with Crippen LogP contribution < -0.4 is 15.3 Å². The van der Waals surface area contributed by atoms with Gasteiger partial charge in [0.2, 0.25) is 0 Å². The highest BCUT2D eigenvalue weighted by Crippen LogP contribution is 2.43. The molecule has 0 amide bonds. The zero-order valence-corrected chi connectivity index (χ0v) is 17.4. The maximum absolute atomic E-state index is 5.57. The first-order valence-corrected chi connectivity index (χ1v) is 9.77. The number of anilines is 1. The first-order chi connectivity index (χ1) is 13.4. The zero-order chi connectivity index (χ0) is 20.4. The Morgan fingerprint density at radius 2 is 1.96 bits per heavy atom. The van der Waals surface area contributed by atoms with Crippen molar-refractivity contribution in [3.05, 3.63) is 70.6 Å². The van der Waals surface area contributed by atoms with Gasteiger partial charge in [-0.2, -0.15) is 0 Å². The molecule has 1 heteroatoms. The Hall–Kier alpha value is -2.98. The lowest BCUT2D eigenvalue weighted by Gasteiger charge is -2.19. The fourth-order valence-corrected chi connectivity index (χ4v) is 3.80. The van der Waals surface area contributed by atoms with E-state index >= 15 is 0 Å². The lowest BCUT2D eigenvalue weighted by Crippen LogP contribution is -2.24. The van der Waals surface area contributed by atoms with E-state index in [2.05, 4.69) is 94.4 Å². The molecule has 0 radical (unpaired) electrons. The Morgan fingerprint density at radius 3 is 2.54 bits per heavy atom. The highest BCUT2D eigenvalue weighted by Gasteiger charge is 2.36. The van der Waals surface area contributed by atoms with Crippen molar-refractivity contribution in [2.24, 2.45) is 11.8 Å². The third kappa shape index (κ3) is 3.82. The van der Waals surface area contributed by atoms with Crippen LogP contribution in [0.1, 0.15) is 24.5 Å². The topological polar surface area (TPSA) is 3.24 Å². The molecule has 2 atom stereocenters. The van der Waals surface area contributed by atoms with E-state index in [1.165, 1.54) is 32.8 Å². The van der Waals surface area contributed by atoms with Gasteiger partial charge in [-0.25, -0.2) is 0 Å². The molecule has 1 fully saturated rings. The van der Waals surface area contributed by atoms with E-state index in [0.29, 0.717) is 11.8 Å². The predicted molar refractivity (Wildman–Crippen MR) is 124 cm³/mol. The molecule has 2 aromatic carbocycles. The van der Waals surface area contributed by atoms with Crippen molar-refractivity contribution in [1.82, 2.24) is 0 Å². The van der Waals surface area contributed by atoms with Gasteiger partial charge in [0.05, 0.1) is 0 Å². The van der Waals surface area contributed by atoms with Gasteiger partial charge < -0.3 is 4.90 Å². The molecule has 1 aliphatic rings. The van der Waals surface area contributed by atoms with Gasteiger partial charge >= 0.3 is 0 Å². The van der Waals surface area contributed by atoms with Crippen LogP contribution in [0.25, 0.3) is 29.4 Å². The summed E-state index contributed by atoms with van der Waals surface area (Å²) in [7, 11) is 4.13. The molecule has 1 aliphatic carbocycles. The zero-order valence-electron chi connectivity index (χ0n) is 17.4. The van der Waals surface area contributed by atoms with Gasteiger partial charge in [0.25, 0.3) is 0 Å². The quantitative estimate of drug-likeness (QED) is 0.688. The molecule has 0 heterocycles. The molecule has 2 aromatic rings. The number of allylic oxidation sites excluding steroid dienone is 1. The van der Waals surface area contributed by atoms with Crippen LogP contribution in [0.15, 0.2) is 49.1 Å². The van der Waals surface area contributed by atoms with E-state index in [-0.39, 0.29) is 0 Å². The maximum atomic E-state index is 5.57. The monoisotopic (exact) mass is 367 g/mol. The minimum atomic E-state index is 0.358. The first-order valence-electron chi connectivity index (χ1n) is 9.77. The summed E-state index contributed by atoms with van der Waals surface area (Å²) in [5.74, 6) is 3.65. The third-order valence-corrected chi connectivity index (χ3v) is 5.61. The van der Waals surface area contributed by atoms with Crippen LogP contribution in [-0.4, -0.2) is 14.1 Å². The number of hydrogen-bond donors (Lipinski definition) is 0. The summed E-state index contributed by atoms with van der Waals surface area (Å²) in [4.78, 5) is 2.13. The first kappa shape index (κ1) is 19.8. The van der Waals surface area contributed by atoms with E-state index in [1.54, 1.807) is 0 Å². The summed E-state index contributed by atoms with van der Waals surface area (Å²) in [5, 5.41) is 2.42. The fraction of sp³-hybridized carbons (Fsp3) is 0.259. The molecule has 142 valence electrons. The highest BCUT2D eigenvalue weighted by atomic mass is 15.1. The number of benzene rings is 2. The number of terminal acetylenes is 1. The van der Waals surface area contributed by atoms with E-state index in [0.717, 1.165) is 17.6 Å². The Labute approximate surface area is 169 Å². The number of hydrogen-bond acceptors (Lipinski definition) is 1. The Kier molecular flexibility index (Phi) is 5.61. The average Bonchev–Trinajstić information content (AvgIpc) is 3.47. The van der Waals surface area contributed by atoms with Crippen LogP contribution in [0.4, 0.5) is 5.69 Å². The van der Waals surface area contributed by atoms with Crippen molar-refractivity contribution in [2.75, 3.05) is 19.0 Å². The summed E-state index contributed by atoms with van der Waals surface area (Å²) in [5.41, 5.74) is 7.15. The molecule has 0 aliphatic heterocycles. The SMILES string of the molecule is C#CC1CC1C(=C)/C=c1/cc(-c2cc(C=C)c(N(C)C)cc2C)cc/c1=C/C. The van der Waals surface area contributed by atoms with Crippen molar-refractivity contribution in [3.63, 3.8) is 0 Å². The van der Waals surface area contributed by atoms with E-state index in [1.807, 2.05) is 6.08 Å². The summed E-state index contributed by atoms with van der Waals surface area (Å²) >= 11 is 0. The Balaban J connectivity index is 2.11. The average molecular weight is 368 g/mol. The molecule has 3 rings (SSSR count). The molecule has 0 spiro atoms. The smallest absolute Gasteiger partial charge is 0.0437 e. The van der Waals surface area contributed by atoms with Crippen molar-refractivity contribution < 1.29 is 0 Å². The number of nitrogens with zero attached hydrogens (tertiary/aromatic N) is 1. The standard InChI is InChI=1S/C27H29N/c1-8-20-11-12-23(15-24(20)13-18(4)25-16-21(25)9-2)26-17-22(10-3)27(28(6)7)14-19(26)5/h2,8,10-15,17,21,25H,3-4,16H2,1,5-7H3/b20-8-,24-13-. The van der Waals surface area contributed by atoms with Crippen LogP contribution >= 0.6 is 0 Å². The predicted octanol–water partition coefficient (Wildman–Crippen LogP) is 4.78. The molecular formula is C27H29N. The summed E-state index contributed by atoms with van der Waals surface area (Å²) in [6.45, 7) is 12.5. The maximum Gasteiger partial charge on any atom is 0.0437 e. The number of aryl methyl sites for hydroxylation is 1. The largest absolute Gasteiger partial charge is 0.377 e. The van der Waals surface area contributed by atoms with Crippen molar-refractivity contribution in [2.45, 2.75) is 20.3 Å². The van der Waals surface area contributed by atoms with E-state index in [4.69, 9.17) is 6.42 Å². The summed E-state index contributed by atoms with van der Waals surface area (Å²) in [6, 6.07) is 11.1. The second-order valence-corrected chi connectivity index (χ2v) is 7.79. The Bertz CT molecular complexity index is 1090. The summed E-state index contributed by atoms with van der Waals surface area (Å²) < 4.78 is 0. The molecule has 0 N–H and O–H groups in total. The van der Waals surface area contributed by atoms with Gasteiger partial charge in [-0.05, 0) is 77.1 Å². The summed E-state index contributed by atoms with van der Waals surface area (Å²) in [6.07, 6.45) is 12.9. The molecule has 0 bridgehead atoms. The van der Waals surface area contributed by atoms with Crippen LogP contribution in [-0.2, 0) is 0 Å². The highest BCUT2D eigenvalue weighted by molar-refractivity contribution is 5.78. The van der Waals surface area contributed by atoms with Gasteiger partial charge in [-0.1, -0.05) is 49.1 Å². The van der Waals surface area contributed by atoms with Crippen LogP contribution in [0.2, 0.25) is 0 Å². The van der Waals surface area contributed by atoms with Gasteiger partial charge in [0.1, 0.15) is 0 Å². The fourth-order valence-electron chi connectivity index (χ4n) is 3.80. The van der Waals surface area contributed by atoms with Crippen molar-refractivity contribution >= 4 is 23.9 Å². The number of rotatable bonds is 5. The van der Waals surface area contributed by atoms with Crippen LogP contribution in [0.5, 0.6) is 0 Å². The van der Waals surface area contributed by atoms with Crippen molar-refractivity contribution in [3.8, 4) is 23.5 Å². The molecular weight excluding hydrogens is 338 g/mol. The molecule has 1 saturated carbocycles. The van der Waals surface area contributed by atoms with Crippen molar-refractivity contribution in [1.29, 1.82) is 0 Å². The second kappa shape index (κ2) is 7.95. The molecule has 0 aromatic heterocycles. The van der Waals surface area contributed by atoms with Gasteiger partial charge in [-0.15, -0.1) is 12.3 Å². The molecule has 0 saturated heterocycles. The lowest BCUT2D eigenvalue weighted by atomic mass is 9.95. The van der Waals surface area contributed by atoms with Gasteiger partial charge in [-0.3, -0.25) is 0 Å². The molecule has 28 heavy (non-hydrogen) atoms. The van der Waals surface area contributed by atoms with Gasteiger partial charge in [0.15, 0.2) is 0 Å². The Morgan fingerprint density at radius 1 is 1.21 bits per heavy atom. The third-order valence-electron chi connectivity index (χ3n) is 5.61. The minimum Gasteiger partial charge on any atom is -0.377 e. The normalized spacial score (nSPS) is 19.2. The second-order valence-electron chi connectivity index (χ2n) is 7.79. The minimum absolute atomic E-state index is 0.358.